The van der Waals surface area contributed by atoms with Crippen molar-refractivity contribution in [1.29, 1.82) is 0 Å². The Morgan fingerprint density at radius 3 is 1.87 bits per heavy atom. The van der Waals surface area contributed by atoms with Crippen molar-refractivity contribution >= 4 is 17.8 Å². The fourth-order valence-corrected chi connectivity index (χ4v) is 4.14. The van der Waals surface area contributed by atoms with Crippen LogP contribution in [0.1, 0.15) is 98.3 Å². The number of alkyl halides is 3. The van der Waals surface area contributed by atoms with Gasteiger partial charge in [0, 0.05) is 31.4 Å². The normalized spacial score (nSPS) is 11.3. The summed E-state index contributed by atoms with van der Waals surface area (Å²) in [6.45, 7) is 2.45. The quantitative estimate of drug-likeness (QED) is 0.187. The maximum Gasteiger partial charge on any atom is 0.433 e. The summed E-state index contributed by atoms with van der Waals surface area (Å²) in [5.74, 6) is -3.10. The van der Waals surface area contributed by atoms with Crippen molar-refractivity contribution in [3.8, 4) is 0 Å². The molecule has 0 saturated carbocycles. The number of amides is 2. The number of carbonyl (C=O) groups is 3. The van der Waals surface area contributed by atoms with Gasteiger partial charge in [-0.1, -0.05) is 82.9 Å². The van der Waals surface area contributed by atoms with Crippen LogP contribution in [-0.4, -0.2) is 39.3 Å². The molecule has 39 heavy (non-hydrogen) atoms. The number of aromatic nitrogens is 1. The van der Waals surface area contributed by atoms with E-state index in [9.17, 15) is 32.7 Å². The first-order valence-electron chi connectivity index (χ1n) is 13.5. The van der Waals surface area contributed by atoms with E-state index in [1.807, 2.05) is 0 Å². The monoisotopic (exact) mass is 549 g/mol. The number of pyridine rings is 1. The first-order chi connectivity index (χ1) is 18.6. The Bertz CT molecular complexity index is 1040. The Morgan fingerprint density at radius 1 is 0.821 bits per heavy atom. The fraction of sp³-hybridized carbons (Fsp3) is 0.517. The SMILES string of the molecule is CCCCCCCCCCCCNC(=O)c1ccc(CN(Cc2ccc(C(F)(F)F)nc2)C(=O)C(=O)O)cc1. The zero-order chi connectivity index (χ0) is 28.7. The number of nitrogens with one attached hydrogen (secondary N) is 1. The van der Waals surface area contributed by atoms with E-state index in [0.717, 1.165) is 42.5 Å². The third-order valence-corrected chi connectivity index (χ3v) is 6.36. The summed E-state index contributed by atoms with van der Waals surface area (Å²) in [5, 5.41) is 12.1. The zero-order valence-electron chi connectivity index (χ0n) is 22.4. The second kappa shape index (κ2) is 16.5. The number of hydrogen-bond acceptors (Lipinski definition) is 4. The van der Waals surface area contributed by atoms with Crippen molar-refractivity contribution in [3.63, 3.8) is 0 Å². The van der Waals surface area contributed by atoms with Crippen molar-refractivity contribution in [3.05, 3.63) is 65.0 Å². The van der Waals surface area contributed by atoms with E-state index in [1.54, 1.807) is 24.3 Å². The van der Waals surface area contributed by atoms with Crippen LogP contribution < -0.4 is 5.32 Å². The number of nitrogens with zero attached hydrogens (tertiary/aromatic N) is 2. The van der Waals surface area contributed by atoms with E-state index >= 15 is 0 Å². The minimum Gasteiger partial charge on any atom is -0.474 e. The number of benzene rings is 1. The van der Waals surface area contributed by atoms with Crippen molar-refractivity contribution < 1.29 is 32.7 Å². The molecule has 1 aromatic carbocycles. The van der Waals surface area contributed by atoms with Crippen LogP contribution in [0.25, 0.3) is 0 Å². The first-order valence-corrected chi connectivity index (χ1v) is 13.5. The van der Waals surface area contributed by atoms with Gasteiger partial charge in [-0.25, -0.2) is 4.79 Å². The van der Waals surface area contributed by atoms with E-state index in [1.165, 1.54) is 44.9 Å². The summed E-state index contributed by atoms with van der Waals surface area (Å²) in [6.07, 6.45) is 8.48. The molecule has 0 unspecified atom stereocenters. The molecule has 0 atom stereocenters. The number of rotatable bonds is 16. The molecule has 1 heterocycles. The van der Waals surface area contributed by atoms with Crippen LogP contribution in [-0.2, 0) is 28.9 Å². The molecule has 10 heteroatoms. The van der Waals surface area contributed by atoms with Crippen LogP contribution in [0.4, 0.5) is 13.2 Å². The lowest BCUT2D eigenvalue weighted by Crippen LogP contribution is -2.35. The van der Waals surface area contributed by atoms with Gasteiger partial charge in [0.15, 0.2) is 0 Å². The summed E-state index contributed by atoms with van der Waals surface area (Å²) < 4.78 is 38.2. The lowest BCUT2D eigenvalue weighted by atomic mass is 10.1. The van der Waals surface area contributed by atoms with Crippen LogP contribution in [0.5, 0.6) is 0 Å². The van der Waals surface area contributed by atoms with Gasteiger partial charge in [-0.15, -0.1) is 0 Å². The molecular formula is C29H38F3N3O4. The van der Waals surface area contributed by atoms with Gasteiger partial charge >= 0.3 is 18.1 Å². The molecule has 2 N–H and O–H groups in total. The Balaban J connectivity index is 1.81. The molecule has 214 valence electrons. The van der Waals surface area contributed by atoms with Crippen LogP contribution in [0, 0.1) is 0 Å². The van der Waals surface area contributed by atoms with Gasteiger partial charge in [-0.2, -0.15) is 13.2 Å². The number of carbonyl (C=O) groups excluding carboxylic acids is 2. The minimum absolute atomic E-state index is 0.105. The van der Waals surface area contributed by atoms with E-state index in [0.29, 0.717) is 17.7 Å². The summed E-state index contributed by atoms with van der Waals surface area (Å²) in [5.41, 5.74) is 0.176. The molecule has 0 aliphatic carbocycles. The highest BCUT2D eigenvalue weighted by Crippen LogP contribution is 2.27. The highest BCUT2D eigenvalue weighted by atomic mass is 19.4. The second-order valence-electron chi connectivity index (χ2n) is 9.65. The van der Waals surface area contributed by atoms with Crippen LogP contribution in [0.15, 0.2) is 42.6 Å². The first kappa shape index (κ1) is 31.8. The Kier molecular flexibility index (Phi) is 13.5. The molecule has 0 aliphatic heterocycles. The van der Waals surface area contributed by atoms with E-state index in [2.05, 4.69) is 17.2 Å². The lowest BCUT2D eigenvalue weighted by Gasteiger charge is -2.21. The molecule has 0 saturated heterocycles. The van der Waals surface area contributed by atoms with Crippen LogP contribution in [0.3, 0.4) is 0 Å². The standard InChI is InChI=1S/C29H38F3N3O4/c1-2-3-4-5-6-7-8-9-10-11-18-33-26(36)24-15-12-22(13-16-24)20-35(27(37)28(38)39)21-23-14-17-25(34-19-23)29(30,31)32/h12-17,19H,2-11,18,20-21H2,1H3,(H,33,36)(H,38,39). The second-order valence-corrected chi connectivity index (χ2v) is 9.65. The Labute approximate surface area is 227 Å². The smallest absolute Gasteiger partial charge is 0.433 e. The van der Waals surface area contributed by atoms with Gasteiger partial charge in [0.1, 0.15) is 5.69 Å². The molecule has 2 rings (SSSR count). The number of halogens is 3. The molecule has 2 aromatic rings. The number of unbranched alkanes of at least 4 members (excludes halogenated alkanes) is 9. The largest absolute Gasteiger partial charge is 0.474 e. The molecule has 0 bridgehead atoms. The van der Waals surface area contributed by atoms with Gasteiger partial charge in [-0.05, 0) is 35.7 Å². The number of hydrogen-bond donors (Lipinski definition) is 2. The third-order valence-electron chi connectivity index (χ3n) is 6.36. The van der Waals surface area contributed by atoms with Gasteiger partial charge in [0.25, 0.3) is 5.91 Å². The molecule has 0 aliphatic rings. The van der Waals surface area contributed by atoms with Crippen LogP contribution in [0.2, 0.25) is 0 Å². The van der Waals surface area contributed by atoms with Crippen molar-refractivity contribution in [2.75, 3.05) is 6.54 Å². The van der Waals surface area contributed by atoms with Gasteiger partial charge in [0.05, 0.1) is 0 Å². The maximum atomic E-state index is 12.7. The van der Waals surface area contributed by atoms with Gasteiger partial charge in [-0.3, -0.25) is 14.6 Å². The number of aliphatic carboxylic acids is 1. The predicted molar refractivity (Wildman–Crippen MR) is 142 cm³/mol. The molecule has 0 spiro atoms. The average molecular weight is 550 g/mol. The Morgan fingerprint density at radius 2 is 1.36 bits per heavy atom. The number of carboxylic acids is 1. The molecule has 0 radical (unpaired) electrons. The molecule has 0 fully saturated rings. The van der Waals surface area contributed by atoms with E-state index in [4.69, 9.17) is 0 Å². The molecule has 7 nitrogen and oxygen atoms in total. The van der Waals surface area contributed by atoms with Gasteiger partial charge in [0.2, 0.25) is 0 Å². The summed E-state index contributed by atoms with van der Waals surface area (Å²) in [7, 11) is 0. The average Bonchev–Trinajstić information content (AvgIpc) is 2.91. The molecule has 2 amide bonds. The van der Waals surface area contributed by atoms with Crippen LogP contribution >= 0.6 is 0 Å². The molecule has 1 aromatic heterocycles. The van der Waals surface area contributed by atoms with E-state index in [-0.39, 0.29) is 24.6 Å². The lowest BCUT2D eigenvalue weighted by molar-refractivity contribution is -0.156. The molecular weight excluding hydrogens is 511 g/mol. The summed E-state index contributed by atoms with van der Waals surface area (Å²) >= 11 is 0. The minimum atomic E-state index is -4.60. The topological polar surface area (TPSA) is 99.6 Å². The zero-order valence-corrected chi connectivity index (χ0v) is 22.4. The maximum absolute atomic E-state index is 12.7. The predicted octanol–water partition coefficient (Wildman–Crippen LogP) is 6.36. The Hall–Kier alpha value is -3.43. The highest BCUT2D eigenvalue weighted by molar-refractivity contribution is 6.31. The third kappa shape index (κ3) is 11.9. The summed E-state index contributed by atoms with van der Waals surface area (Å²) in [4.78, 5) is 40.3. The van der Waals surface area contributed by atoms with Crippen molar-refractivity contribution in [2.24, 2.45) is 0 Å². The summed E-state index contributed by atoms with van der Waals surface area (Å²) in [6, 6.07) is 8.34. The van der Waals surface area contributed by atoms with Crippen molar-refractivity contribution in [2.45, 2.75) is 90.4 Å². The van der Waals surface area contributed by atoms with E-state index < -0.39 is 23.7 Å². The van der Waals surface area contributed by atoms with Gasteiger partial charge < -0.3 is 15.3 Å². The van der Waals surface area contributed by atoms with Crippen molar-refractivity contribution in [1.82, 2.24) is 15.2 Å². The number of carboxylic acid groups (broad SMARTS) is 1. The highest BCUT2D eigenvalue weighted by Gasteiger charge is 2.32. The fourth-order valence-electron chi connectivity index (χ4n) is 4.14.